The van der Waals surface area contributed by atoms with Crippen molar-refractivity contribution in [3.63, 3.8) is 0 Å². The van der Waals surface area contributed by atoms with Gasteiger partial charge in [-0.3, -0.25) is 0 Å². The van der Waals surface area contributed by atoms with E-state index in [1.165, 1.54) is 0 Å². The monoisotopic (exact) mass is 313 g/mol. The van der Waals surface area contributed by atoms with Gasteiger partial charge in [0.05, 0.1) is 16.9 Å². The number of halogens is 1. The molecule has 1 saturated heterocycles. The molecule has 3 heterocycles. The predicted molar refractivity (Wildman–Crippen MR) is 78.6 cm³/mol. The van der Waals surface area contributed by atoms with Crippen LogP contribution in [0.15, 0.2) is 12.3 Å². The van der Waals surface area contributed by atoms with Gasteiger partial charge < -0.3 is 4.57 Å². The molecule has 7 heteroatoms. The highest BCUT2D eigenvalue weighted by Crippen LogP contribution is 2.25. The lowest BCUT2D eigenvalue weighted by atomic mass is 10.2. The van der Waals surface area contributed by atoms with E-state index in [1.807, 2.05) is 17.6 Å². The van der Waals surface area contributed by atoms with Crippen molar-refractivity contribution in [3.05, 3.63) is 23.7 Å². The van der Waals surface area contributed by atoms with Crippen LogP contribution in [-0.2, 0) is 22.3 Å². The summed E-state index contributed by atoms with van der Waals surface area (Å²) >= 11 is 5.95. The Balaban J connectivity index is 2.09. The molecule has 1 aliphatic rings. The third kappa shape index (κ3) is 2.20. The number of hydrogen-bond acceptors (Lipinski definition) is 4. The maximum absolute atomic E-state index is 12.0. The molecule has 108 valence electrons. The van der Waals surface area contributed by atoms with Crippen LogP contribution < -0.4 is 0 Å². The van der Waals surface area contributed by atoms with Crippen molar-refractivity contribution >= 4 is 32.6 Å². The lowest BCUT2D eigenvalue weighted by Gasteiger charge is -2.12. The number of nitrogens with zero attached hydrogens (tertiary/aromatic N) is 3. The summed E-state index contributed by atoms with van der Waals surface area (Å²) in [6.45, 7) is 2.36. The summed E-state index contributed by atoms with van der Waals surface area (Å²) in [5.74, 6) is 1.22. The summed E-state index contributed by atoms with van der Waals surface area (Å²) in [6.07, 6.45) is 3.16. The number of aromatic nitrogens is 3. The third-order valence-electron chi connectivity index (χ3n) is 3.88. The van der Waals surface area contributed by atoms with Crippen molar-refractivity contribution in [2.75, 3.05) is 5.75 Å². The van der Waals surface area contributed by atoms with Crippen molar-refractivity contribution < 1.29 is 8.42 Å². The van der Waals surface area contributed by atoms with Crippen LogP contribution >= 0.6 is 11.6 Å². The molecular formula is C13H16ClN3O2S. The maximum Gasteiger partial charge on any atom is 0.160 e. The number of alkyl halides is 1. The highest BCUT2D eigenvalue weighted by atomic mass is 35.5. The van der Waals surface area contributed by atoms with Crippen LogP contribution in [-0.4, -0.2) is 34.0 Å². The van der Waals surface area contributed by atoms with Crippen molar-refractivity contribution in [3.8, 4) is 0 Å². The fourth-order valence-electron chi connectivity index (χ4n) is 2.74. The first kappa shape index (κ1) is 13.8. The molecule has 1 atom stereocenters. The average molecular weight is 314 g/mol. The summed E-state index contributed by atoms with van der Waals surface area (Å²) in [6, 6.07) is 1.89. The molecule has 0 N–H and O–H groups in total. The zero-order valence-corrected chi connectivity index (χ0v) is 12.8. The molecule has 0 amide bonds. The van der Waals surface area contributed by atoms with Gasteiger partial charge in [-0.05, 0) is 31.4 Å². The van der Waals surface area contributed by atoms with Crippen LogP contribution in [0.1, 0.15) is 24.2 Å². The highest BCUT2D eigenvalue weighted by Gasteiger charge is 2.32. The normalized spacial score (nSPS) is 21.6. The quantitative estimate of drug-likeness (QED) is 0.814. The topological polar surface area (TPSA) is 64.8 Å². The second-order valence-electron chi connectivity index (χ2n) is 5.20. The van der Waals surface area contributed by atoms with Crippen LogP contribution in [0, 0.1) is 6.92 Å². The van der Waals surface area contributed by atoms with E-state index in [1.54, 1.807) is 6.20 Å². The van der Waals surface area contributed by atoms with Crippen molar-refractivity contribution in [1.29, 1.82) is 0 Å². The minimum absolute atomic E-state index is 0.253. The molecule has 5 nitrogen and oxygen atoms in total. The van der Waals surface area contributed by atoms with Gasteiger partial charge in [-0.1, -0.05) is 0 Å². The molecule has 2 aromatic rings. The van der Waals surface area contributed by atoms with Crippen LogP contribution in [0.4, 0.5) is 0 Å². The van der Waals surface area contributed by atoms with E-state index in [-0.39, 0.29) is 16.9 Å². The molecule has 20 heavy (non-hydrogen) atoms. The predicted octanol–water partition coefficient (Wildman–Crippen LogP) is 2.06. The molecule has 3 rings (SSSR count). The van der Waals surface area contributed by atoms with Crippen molar-refractivity contribution in [1.82, 2.24) is 14.5 Å². The van der Waals surface area contributed by atoms with E-state index in [9.17, 15) is 8.42 Å². The van der Waals surface area contributed by atoms with E-state index >= 15 is 0 Å². The summed E-state index contributed by atoms with van der Waals surface area (Å²) in [4.78, 5) is 8.84. The second kappa shape index (κ2) is 5.00. The van der Waals surface area contributed by atoms with E-state index in [0.717, 1.165) is 23.1 Å². The van der Waals surface area contributed by atoms with E-state index < -0.39 is 9.84 Å². The Labute approximate surface area is 122 Å². The van der Waals surface area contributed by atoms with Gasteiger partial charge in [0.2, 0.25) is 0 Å². The van der Waals surface area contributed by atoms with Gasteiger partial charge in [-0.15, -0.1) is 11.6 Å². The third-order valence-corrected chi connectivity index (χ3v) is 6.38. The summed E-state index contributed by atoms with van der Waals surface area (Å²) in [5, 5.41) is -0.343. The summed E-state index contributed by atoms with van der Waals surface area (Å²) < 4.78 is 25.9. The first-order chi connectivity index (χ1) is 9.53. The Hall–Kier alpha value is -1.14. The number of pyridine rings is 1. The molecule has 1 aliphatic heterocycles. The fraction of sp³-hybridized carbons (Fsp3) is 0.538. The molecule has 2 aromatic heterocycles. The van der Waals surface area contributed by atoms with Crippen molar-refractivity contribution in [2.24, 2.45) is 0 Å². The van der Waals surface area contributed by atoms with Crippen LogP contribution in [0.5, 0.6) is 0 Å². The number of imidazole rings is 1. The van der Waals surface area contributed by atoms with Crippen LogP contribution in [0.2, 0.25) is 0 Å². The number of aryl methyl sites for hydroxylation is 1. The van der Waals surface area contributed by atoms with Gasteiger partial charge in [0.1, 0.15) is 11.3 Å². The first-order valence-corrected chi connectivity index (χ1v) is 8.86. The van der Waals surface area contributed by atoms with E-state index in [2.05, 4.69) is 9.97 Å². The summed E-state index contributed by atoms with van der Waals surface area (Å²) in [7, 11) is -2.99. The molecule has 1 fully saturated rings. The minimum atomic E-state index is -2.99. The Kier molecular flexibility index (Phi) is 3.46. The van der Waals surface area contributed by atoms with Crippen LogP contribution in [0.3, 0.4) is 0 Å². The Bertz CT molecular complexity index is 754. The van der Waals surface area contributed by atoms with Gasteiger partial charge in [0.15, 0.2) is 15.5 Å². The molecule has 0 aliphatic carbocycles. The molecule has 0 bridgehead atoms. The second-order valence-corrected chi connectivity index (χ2v) is 7.87. The van der Waals surface area contributed by atoms with Crippen LogP contribution in [0.25, 0.3) is 11.2 Å². The zero-order chi connectivity index (χ0) is 14.3. The first-order valence-electron chi connectivity index (χ1n) is 6.61. The van der Waals surface area contributed by atoms with Crippen molar-refractivity contribution in [2.45, 2.75) is 37.4 Å². The fourth-order valence-corrected chi connectivity index (χ4v) is 4.75. The average Bonchev–Trinajstić information content (AvgIpc) is 2.92. The number of fused-ring (bicyclic) bond motifs is 1. The molecular weight excluding hydrogens is 298 g/mol. The Morgan fingerprint density at radius 3 is 2.95 bits per heavy atom. The molecule has 0 radical (unpaired) electrons. The van der Waals surface area contributed by atoms with Gasteiger partial charge in [0.25, 0.3) is 0 Å². The van der Waals surface area contributed by atoms with Gasteiger partial charge >= 0.3 is 0 Å². The summed E-state index contributed by atoms with van der Waals surface area (Å²) in [5.41, 5.74) is 2.55. The SMILES string of the molecule is Cc1ccnc2c1nc(CCl)n2CC1CCCS1(=O)=O. The smallest absolute Gasteiger partial charge is 0.160 e. The molecule has 0 aromatic carbocycles. The zero-order valence-electron chi connectivity index (χ0n) is 11.2. The van der Waals surface area contributed by atoms with E-state index in [0.29, 0.717) is 18.8 Å². The molecule has 1 unspecified atom stereocenters. The van der Waals surface area contributed by atoms with Gasteiger partial charge in [-0.25, -0.2) is 18.4 Å². The Morgan fingerprint density at radius 1 is 1.50 bits per heavy atom. The lowest BCUT2D eigenvalue weighted by molar-refractivity contribution is 0.564. The minimum Gasteiger partial charge on any atom is -0.310 e. The van der Waals surface area contributed by atoms with E-state index in [4.69, 9.17) is 11.6 Å². The standard InChI is InChI=1S/C13H16ClN3O2S/c1-9-4-5-15-13-12(9)16-11(7-14)17(13)8-10-3-2-6-20(10,18)19/h4-5,10H,2-3,6-8H2,1H3. The molecule has 0 saturated carbocycles. The van der Waals surface area contributed by atoms with Gasteiger partial charge in [0, 0.05) is 12.7 Å². The lowest BCUT2D eigenvalue weighted by Crippen LogP contribution is -2.23. The van der Waals surface area contributed by atoms with Gasteiger partial charge in [-0.2, -0.15) is 0 Å². The highest BCUT2D eigenvalue weighted by molar-refractivity contribution is 7.92. The largest absolute Gasteiger partial charge is 0.310 e. The number of sulfone groups is 1. The Morgan fingerprint density at radius 2 is 2.30 bits per heavy atom. The maximum atomic E-state index is 12.0. The number of rotatable bonds is 3. The molecule has 0 spiro atoms. The number of hydrogen-bond donors (Lipinski definition) is 0.